The third-order valence-corrected chi connectivity index (χ3v) is 6.84. The predicted octanol–water partition coefficient (Wildman–Crippen LogP) is 8.69. The second-order valence-corrected chi connectivity index (χ2v) is 10.1. The summed E-state index contributed by atoms with van der Waals surface area (Å²) in [6.45, 7) is 15.4. The number of rotatable bonds is 7. The summed E-state index contributed by atoms with van der Waals surface area (Å²) in [5.41, 5.74) is 7.57. The Bertz CT molecular complexity index is 943. The van der Waals surface area contributed by atoms with Crippen LogP contribution in [0.15, 0.2) is 46.4 Å². The minimum Gasteiger partial charge on any atom is -0.358 e. The number of nitrogens with zero attached hydrogens (tertiary/aromatic N) is 3. The van der Waals surface area contributed by atoms with E-state index >= 15 is 0 Å². The first-order valence-corrected chi connectivity index (χ1v) is 12.5. The summed E-state index contributed by atoms with van der Waals surface area (Å²) in [5, 5.41) is 0. The minimum atomic E-state index is 0. The van der Waals surface area contributed by atoms with Crippen LogP contribution in [0, 0.1) is 13.3 Å². The smallest absolute Gasteiger partial charge is 0.0849 e. The van der Waals surface area contributed by atoms with Crippen LogP contribution < -0.4 is 0 Å². The van der Waals surface area contributed by atoms with E-state index in [2.05, 4.69) is 84.9 Å². The zero-order valence-electron chi connectivity index (χ0n) is 22.5. The molecular weight excluding hydrogens is 458 g/mol. The van der Waals surface area contributed by atoms with Crippen molar-refractivity contribution in [3.05, 3.63) is 66.3 Å². The zero-order chi connectivity index (χ0) is 23.3. The van der Waals surface area contributed by atoms with Crippen LogP contribution in [0.3, 0.4) is 0 Å². The van der Waals surface area contributed by atoms with Crippen LogP contribution in [-0.4, -0.2) is 22.4 Å². The van der Waals surface area contributed by atoms with Crippen LogP contribution in [0.1, 0.15) is 115 Å². The molecule has 0 saturated heterocycles. The maximum atomic E-state index is 5.12. The summed E-state index contributed by atoms with van der Waals surface area (Å²) in [6.07, 6.45) is 6.70. The molecule has 0 amide bonds. The first-order chi connectivity index (χ1) is 15.3. The monoisotopic (exact) mass is 502 g/mol. The Morgan fingerprint density at radius 1 is 0.794 bits per heavy atom. The van der Waals surface area contributed by atoms with E-state index < -0.39 is 0 Å². The van der Waals surface area contributed by atoms with E-state index in [-0.39, 0.29) is 24.5 Å². The quantitative estimate of drug-likeness (QED) is 0.212. The van der Waals surface area contributed by atoms with Gasteiger partial charge in [-0.05, 0) is 74.6 Å². The van der Waals surface area contributed by atoms with E-state index in [1.54, 1.807) is 0 Å². The Morgan fingerprint density at radius 2 is 1.29 bits per heavy atom. The molecular formula is C30H44FeN3-. The number of hydrogen-bond acceptors (Lipinski definition) is 3. The first-order valence-electron chi connectivity index (χ1n) is 12.5. The fourth-order valence-corrected chi connectivity index (χ4v) is 4.80. The molecule has 1 aliphatic carbocycles. The van der Waals surface area contributed by atoms with Gasteiger partial charge in [0.25, 0.3) is 0 Å². The molecule has 3 nitrogen and oxygen atoms in total. The van der Waals surface area contributed by atoms with E-state index in [1.807, 2.05) is 0 Å². The number of hydrogen-bond donors (Lipinski definition) is 0. The van der Waals surface area contributed by atoms with Gasteiger partial charge in [-0.2, -0.15) is 0 Å². The van der Waals surface area contributed by atoms with Crippen LogP contribution in [0.25, 0.3) is 0 Å². The van der Waals surface area contributed by atoms with Crippen LogP contribution in [-0.2, 0) is 17.1 Å². The van der Waals surface area contributed by atoms with Crippen molar-refractivity contribution in [3.8, 4) is 0 Å². The Hall–Kier alpha value is -1.77. The summed E-state index contributed by atoms with van der Waals surface area (Å²) < 4.78 is 0. The van der Waals surface area contributed by atoms with Gasteiger partial charge in [-0.15, -0.1) is 0 Å². The van der Waals surface area contributed by atoms with Crippen molar-refractivity contribution in [1.29, 1.82) is 0 Å². The normalized spacial score (nSPS) is 16.3. The van der Waals surface area contributed by atoms with Crippen molar-refractivity contribution < 1.29 is 17.1 Å². The summed E-state index contributed by atoms with van der Waals surface area (Å²) in [6, 6.07) is 13.1. The zero-order valence-corrected chi connectivity index (χ0v) is 23.6. The number of aromatic nitrogens is 1. The largest absolute Gasteiger partial charge is 0.358 e. The average molecular weight is 503 g/mol. The molecule has 1 heterocycles. The van der Waals surface area contributed by atoms with Crippen molar-refractivity contribution in [1.82, 2.24) is 4.98 Å². The van der Waals surface area contributed by atoms with Gasteiger partial charge < -0.3 is 7.43 Å². The maximum Gasteiger partial charge on any atom is 0.0849 e. The molecule has 3 rings (SSSR count). The molecule has 1 fully saturated rings. The molecule has 34 heavy (non-hydrogen) atoms. The number of para-hydroxylation sites is 1. The second kappa shape index (κ2) is 14.0. The van der Waals surface area contributed by atoms with Crippen LogP contribution in [0.2, 0.25) is 0 Å². The van der Waals surface area contributed by atoms with Gasteiger partial charge in [0.15, 0.2) is 0 Å². The average Bonchev–Trinajstić information content (AvgIpc) is 2.79. The molecule has 1 atom stereocenters. The van der Waals surface area contributed by atoms with Gasteiger partial charge in [-0.25, -0.2) is 4.98 Å². The molecule has 1 aromatic heterocycles. The minimum absolute atomic E-state index is 0. The Morgan fingerprint density at radius 3 is 1.82 bits per heavy atom. The first kappa shape index (κ1) is 30.3. The van der Waals surface area contributed by atoms with E-state index in [4.69, 9.17) is 15.0 Å². The van der Waals surface area contributed by atoms with Crippen molar-refractivity contribution in [2.24, 2.45) is 15.9 Å². The molecule has 1 saturated carbocycles. The summed E-state index contributed by atoms with van der Waals surface area (Å²) in [5.74, 6) is 1.57. The molecule has 0 spiro atoms. The molecule has 188 valence electrons. The van der Waals surface area contributed by atoms with Gasteiger partial charge in [-0.1, -0.05) is 71.2 Å². The Balaban J connectivity index is 0.00000289. The van der Waals surface area contributed by atoms with Crippen molar-refractivity contribution in [2.75, 3.05) is 0 Å². The summed E-state index contributed by atoms with van der Waals surface area (Å²) in [7, 11) is 0. The second-order valence-electron chi connectivity index (χ2n) is 10.1. The Kier molecular flexibility index (Phi) is 12.4. The standard InChI is InChI=1S/C29H41N3.CH3.Fe/c1-19(2)25-15-11-16-26(20(3)4)29(25)31-23(7)28-18-12-17-27(32-28)22(6)30-21(5)24-13-9-8-10-14-24;;/h11-12,15-21,24H,8-10,13-14H2,1-7H3;1H3;/q;-1;/t21-;;/m0../s1. The van der Waals surface area contributed by atoms with Gasteiger partial charge in [0.05, 0.1) is 34.5 Å². The van der Waals surface area contributed by atoms with Crippen molar-refractivity contribution in [3.63, 3.8) is 0 Å². The van der Waals surface area contributed by atoms with Crippen molar-refractivity contribution >= 4 is 17.1 Å². The molecule has 1 aromatic carbocycles. The Labute approximate surface area is 219 Å². The van der Waals surface area contributed by atoms with Crippen LogP contribution >= 0.6 is 0 Å². The van der Waals surface area contributed by atoms with Gasteiger partial charge in [0, 0.05) is 17.1 Å². The van der Waals surface area contributed by atoms with Gasteiger partial charge in [0.1, 0.15) is 0 Å². The third kappa shape index (κ3) is 7.62. The van der Waals surface area contributed by atoms with Crippen LogP contribution in [0.5, 0.6) is 0 Å². The van der Waals surface area contributed by atoms with Gasteiger partial charge >= 0.3 is 0 Å². The molecule has 0 radical (unpaired) electrons. The van der Waals surface area contributed by atoms with E-state index in [9.17, 15) is 0 Å². The fourth-order valence-electron chi connectivity index (χ4n) is 4.80. The molecule has 0 aliphatic heterocycles. The summed E-state index contributed by atoms with van der Waals surface area (Å²) >= 11 is 0. The number of benzene rings is 1. The molecule has 2 aromatic rings. The van der Waals surface area contributed by atoms with Crippen LogP contribution in [0.4, 0.5) is 5.69 Å². The molecule has 0 unspecified atom stereocenters. The van der Waals surface area contributed by atoms with Gasteiger partial charge in [0.2, 0.25) is 0 Å². The third-order valence-electron chi connectivity index (χ3n) is 6.84. The number of aliphatic imine (C=N–C) groups is 2. The van der Waals surface area contributed by atoms with E-state index in [1.165, 1.54) is 43.2 Å². The molecule has 1 aliphatic rings. The van der Waals surface area contributed by atoms with Gasteiger partial charge in [-0.3, -0.25) is 9.98 Å². The topological polar surface area (TPSA) is 37.6 Å². The number of pyridine rings is 1. The molecule has 0 N–H and O–H groups in total. The molecule has 4 heteroatoms. The predicted molar refractivity (Wildman–Crippen MR) is 145 cm³/mol. The van der Waals surface area contributed by atoms with Crippen molar-refractivity contribution in [2.45, 2.75) is 98.4 Å². The fraction of sp³-hybridized carbons (Fsp3) is 0.533. The maximum absolute atomic E-state index is 5.12. The van der Waals surface area contributed by atoms with E-state index in [0.29, 0.717) is 23.8 Å². The summed E-state index contributed by atoms with van der Waals surface area (Å²) in [4.78, 5) is 15.1. The van der Waals surface area contributed by atoms with E-state index in [0.717, 1.165) is 28.5 Å². The SMILES string of the molecule is CC(=Nc1c(C(C)C)cccc1C(C)C)c1cccc(C(C)=N[C@@H](C)C2CCCCC2)n1.[CH3-].[Fe]. The molecule has 0 bridgehead atoms.